The van der Waals surface area contributed by atoms with Crippen LogP contribution in [0, 0.1) is 0 Å². The molecule has 0 bridgehead atoms. The number of nitrogens with one attached hydrogen (secondary N) is 2. The van der Waals surface area contributed by atoms with Gasteiger partial charge in [-0.05, 0) is 48.7 Å². The fourth-order valence-electron chi connectivity index (χ4n) is 3.54. The smallest absolute Gasteiger partial charge is 0.338 e. The molecule has 2 aromatic rings. The Morgan fingerprint density at radius 2 is 1.85 bits per heavy atom. The summed E-state index contributed by atoms with van der Waals surface area (Å²) < 4.78 is 16.7. The van der Waals surface area contributed by atoms with E-state index in [-0.39, 0.29) is 19.2 Å². The topological polar surface area (TPSA) is 85.9 Å². The number of hydrogen-bond donors (Lipinski definition) is 2. The maximum absolute atomic E-state index is 12.8. The molecule has 2 amide bonds. The summed E-state index contributed by atoms with van der Waals surface area (Å²) >= 11 is 12.1. The number of rotatable bonds is 9. The van der Waals surface area contributed by atoms with Crippen LogP contribution in [0.5, 0.6) is 11.5 Å². The number of amides is 2. The number of halogens is 2. The molecule has 0 radical (unpaired) electrons. The third-order valence-electron chi connectivity index (χ3n) is 5.05. The van der Waals surface area contributed by atoms with Crippen molar-refractivity contribution in [2.24, 2.45) is 0 Å². The van der Waals surface area contributed by atoms with Crippen LogP contribution in [0.2, 0.25) is 10.0 Å². The average molecular weight is 493 g/mol. The Morgan fingerprint density at radius 3 is 2.52 bits per heavy atom. The van der Waals surface area contributed by atoms with Gasteiger partial charge in [-0.3, -0.25) is 0 Å². The minimum atomic E-state index is -0.697. The van der Waals surface area contributed by atoms with E-state index in [0.29, 0.717) is 44.8 Å². The maximum atomic E-state index is 12.8. The zero-order valence-corrected chi connectivity index (χ0v) is 20.2. The number of hydrogen-bond acceptors (Lipinski definition) is 5. The Balaban J connectivity index is 1.96. The fraction of sp³-hybridized carbons (Fsp3) is 0.333. The highest BCUT2D eigenvalue weighted by molar-refractivity contribution is 6.42. The minimum absolute atomic E-state index is 0.219. The highest BCUT2D eigenvalue weighted by Gasteiger charge is 2.33. The van der Waals surface area contributed by atoms with Gasteiger partial charge in [0.2, 0.25) is 0 Å². The molecular weight excluding hydrogens is 467 g/mol. The Hall–Kier alpha value is -2.90. The molecule has 1 aliphatic heterocycles. The van der Waals surface area contributed by atoms with Crippen molar-refractivity contribution >= 4 is 35.2 Å². The zero-order chi connectivity index (χ0) is 24.0. The van der Waals surface area contributed by atoms with Crippen molar-refractivity contribution in [1.82, 2.24) is 10.6 Å². The van der Waals surface area contributed by atoms with Crippen LogP contribution in [0.4, 0.5) is 4.79 Å². The summed E-state index contributed by atoms with van der Waals surface area (Å²) in [4.78, 5) is 25.1. The quantitative estimate of drug-likeness (QED) is 0.448. The van der Waals surface area contributed by atoms with Crippen LogP contribution in [0.3, 0.4) is 0 Å². The van der Waals surface area contributed by atoms with Gasteiger partial charge in [-0.25, -0.2) is 9.59 Å². The summed E-state index contributed by atoms with van der Waals surface area (Å²) in [6, 6.07) is 9.42. The molecule has 2 aromatic carbocycles. The highest BCUT2D eigenvalue weighted by Crippen LogP contribution is 2.36. The van der Waals surface area contributed by atoms with E-state index in [4.69, 9.17) is 37.4 Å². The van der Waals surface area contributed by atoms with Gasteiger partial charge in [0, 0.05) is 5.70 Å². The standard InChI is InChI=1S/C24H26Cl2N2O5/c1-4-6-18-21(23(29)32-5-2)22(28-24(30)27-18)15-8-10-19(31-3)20(12-15)33-13-14-7-9-16(25)17(26)11-14/h7-12,22H,4-6,13H2,1-3H3,(H2,27,28,30). The predicted octanol–water partition coefficient (Wildman–Crippen LogP) is 5.55. The zero-order valence-electron chi connectivity index (χ0n) is 18.7. The molecule has 1 atom stereocenters. The van der Waals surface area contributed by atoms with Crippen molar-refractivity contribution in [2.75, 3.05) is 13.7 Å². The molecule has 0 aromatic heterocycles. The molecule has 3 rings (SSSR count). The largest absolute Gasteiger partial charge is 0.493 e. The van der Waals surface area contributed by atoms with E-state index in [0.717, 1.165) is 12.0 Å². The summed E-state index contributed by atoms with van der Waals surface area (Å²) in [6.07, 6.45) is 1.29. The first kappa shape index (κ1) is 24.7. The number of esters is 1. The molecule has 1 aliphatic rings. The number of allylic oxidation sites excluding steroid dienone is 1. The second-order valence-corrected chi connectivity index (χ2v) is 8.16. The van der Waals surface area contributed by atoms with Gasteiger partial charge in [-0.15, -0.1) is 0 Å². The molecule has 0 aliphatic carbocycles. The van der Waals surface area contributed by atoms with Gasteiger partial charge in [-0.2, -0.15) is 0 Å². The normalized spacial score (nSPS) is 15.5. The molecular formula is C24H26Cl2N2O5. The molecule has 0 saturated carbocycles. The van der Waals surface area contributed by atoms with E-state index in [1.54, 1.807) is 37.3 Å². The number of carbonyl (C=O) groups is 2. The first-order chi connectivity index (χ1) is 15.9. The van der Waals surface area contributed by atoms with Crippen LogP contribution < -0.4 is 20.1 Å². The van der Waals surface area contributed by atoms with Crippen molar-refractivity contribution in [1.29, 1.82) is 0 Å². The summed E-state index contributed by atoms with van der Waals surface area (Å²) in [5.41, 5.74) is 2.41. The number of urea groups is 1. The van der Waals surface area contributed by atoms with Gasteiger partial charge in [-0.1, -0.05) is 48.7 Å². The van der Waals surface area contributed by atoms with Crippen LogP contribution in [-0.4, -0.2) is 25.7 Å². The van der Waals surface area contributed by atoms with Crippen LogP contribution >= 0.6 is 23.2 Å². The van der Waals surface area contributed by atoms with Gasteiger partial charge < -0.3 is 24.8 Å². The lowest BCUT2D eigenvalue weighted by molar-refractivity contribution is -0.139. The summed E-state index contributed by atoms with van der Waals surface area (Å²) in [5, 5.41) is 6.47. The molecule has 0 fully saturated rings. The van der Waals surface area contributed by atoms with E-state index in [9.17, 15) is 9.59 Å². The van der Waals surface area contributed by atoms with Gasteiger partial charge in [0.05, 0.1) is 35.4 Å². The third kappa shape index (κ3) is 5.92. The second-order valence-electron chi connectivity index (χ2n) is 7.34. The average Bonchev–Trinajstić information content (AvgIpc) is 2.79. The summed E-state index contributed by atoms with van der Waals surface area (Å²) in [5.74, 6) is 0.483. The first-order valence-electron chi connectivity index (χ1n) is 10.6. The maximum Gasteiger partial charge on any atom is 0.338 e. The molecule has 2 N–H and O–H groups in total. The molecule has 176 valence electrons. The molecule has 9 heteroatoms. The number of benzene rings is 2. The Morgan fingerprint density at radius 1 is 1.06 bits per heavy atom. The SMILES string of the molecule is CCCC1=C(C(=O)OCC)C(c2ccc(OC)c(OCc3ccc(Cl)c(Cl)c3)c2)NC(=O)N1. The van der Waals surface area contributed by atoms with E-state index < -0.39 is 12.0 Å². The van der Waals surface area contributed by atoms with E-state index in [1.165, 1.54) is 7.11 Å². The number of methoxy groups -OCH3 is 1. The molecule has 1 unspecified atom stereocenters. The summed E-state index contributed by atoms with van der Waals surface area (Å²) in [6.45, 7) is 4.16. The molecule has 0 spiro atoms. The lowest BCUT2D eigenvalue weighted by atomic mass is 9.93. The van der Waals surface area contributed by atoms with E-state index >= 15 is 0 Å². The molecule has 0 saturated heterocycles. The van der Waals surface area contributed by atoms with Crippen molar-refractivity contribution in [3.05, 3.63) is 68.8 Å². The number of carbonyl (C=O) groups excluding carboxylic acids is 2. The van der Waals surface area contributed by atoms with Gasteiger partial charge >= 0.3 is 12.0 Å². The van der Waals surface area contributed by atoms with Gasteiger partial charge in [0.15, 0.2) is 11.5 Å². The van der Waals surface area contributed by atoms with Gasteiger partial charge in [0.25, 0.3) is 0 Å². The van der Waals surface area contributed by atoms with Crippen molar-refractivity contribution in [3.63, 3.8) is 0 Å². The molecule has 1 heterocycles. The van der Waals surface area contributed by atoms with Crippen molar-refractivity contribution in [2.45, 2.75) is 39.3 Å². The predicted molar refractivity (Wildman–Crippen MR) is 127 cm³/mol. The van der Waals surface area contributed by atoms with Gasteiger partial charge in [0.1, 0.15) is 6.61 Å². The van der Waals surface area contributed by atoms with Crippen molar-refractivity contribution < 1.29 is 23.8 Å². The lowest BCUT2D eigenvalue weighted by Crippen LogP contribution is -2.46. The Labute approximate surface area is 203 Å². The van der Waals surface area contributed by atoms with Crippen molar-refractivity contribution in [3.8, 4) is 11.5 Å². The van der Waals surface area contributed by atoms with Crippen LogP contribution in [0.1, 0.15) is 43.9 Å². The molecule has 7 nitrogen and oxygen atoms in total. The Bertz CT molecular complexity index is 1070. The van der Waals surface area contributed by atoms with E-state index in [1.807, 2.05) is 13.0 Å². The molecule has 33 heavy (non-hydrogen) atoms. The van der Waals surface area contributed by atoms with E-state index in [2.05, 4.69) is 10.6 Å². The fourth-order valence-corrected chi connectivity index (χ4v) is 3.86. The highest BCUT2D eigenvalue weighted by atomic mass is 35.5. The number of ether oxygens (including phenoxy) is 3. The van der Waals surface area contributed by atoms with Crippen LogP contribution in [-0.2, 0) is 16.1 Å². The van der Waals surface area contributed by atoms with Crippen LogP contribution in [0.15, 0.2) is 47.7 Å². The lowest BCUT2D eigenvalue weighted by Gasteiger charge is -2.29. The van der Waals surface area contributed by atoms with Crippen LogP contribution in [0.25, 0.3) is 0 Å². The monoisotopic (exact) mass is 492 g/mol. The third-order valence-corrected chi connectivity index (χ3v) is 5.79. The summed E-state index contributed by atoms with van der Waals surface area (Å²) in [7, 11) is 1.54. The second kappa shape index (κ2) is 11.3. The first-order valence-corrected chi connectivity index (χ1v) is 11.4. The minimum Gasteiger partial charge on any atom is -0.493 e. The Kier molecular flexibility index (Phi) is 8.47.